The highest BCUT2D eigenvalue weighted by Gasteiger charge is 2.20. The lowest BCUT2D eigenvalue weighted by Crippen LogP contribution is -2.14. The number of aromatic nitrogens is 3. The molecular formula is C19H20N4OS2. The second-order valence-corrected chi connectivity index (χ2v) is 8.38. The lowest BCUT2D eigenvalue weighted by Gasteiger charge is -2.18. The molecule has 0 bridgehead atoms. The van der Waals surface area contributed by atoms with Gasteiger partial charge in [-0.1, -0.05) is 60.9 Å². The van der Waals surface area contributed by atoms with Crippen molar-refractivity contribution in [2.45, 2.75) is 44.4 Å². The minimum atomic E-state index is -0.0961. The lowest BCUT2D eigenvalue weighted by atomic mass is 9.90. The summed E-state index contributed by atoms with van der Waals surface area (Å²) < 4.78 is 0. The number of hydrogen-bond acceptors (Lipinski definition) is 6. The number of nitrogens with zero attached hydrogens (tertiary/aromatic N) is 3. The molecule has 3 aromatic rings. The van der Waals surface area contributed by atoms with Crippen molar-refractivity contribution in [3.8, 4) is 10.6 Å². The Morgan fingerprint density at radius 3 is 2.73 bits per heavy atom. The van der Waals surface area contributed by atoms with Crippen molar-refractivity contribution in [1.29, 1.82) is 0 Å². The second kappa shape index (κ2) is 8.05. The minimum absolute atomic E-state index is 0.0961. The van der Waals surface area contributed by atoms with Gasteiger partial charge in [0.15, 0.2) is 0 Å². The highest BCUT2D eigenvalue weighted by Crippen LogP contribution is 2.35. The number of amides is 1. The van der Waals surface area contributed by atoms with E-state index < -0.39 is 0 Å². The van der Waals surface area contributed by atoms with Gasteiger partial charge < -0.3 is 5.32 Å². The fourth-order valence-electron chi connectivity index (χ4n) is 3.23. The summed E-state index contributed by atoms with van der Waals surface area (Å²) in [4.78, 5) is 16.9. The Labute approximate surface area is 160 Å². The molecule has 7 heteroatoms. The van der Waals surface area contributed by atoms with Crippen LogP contribution < -0.4 is 5.32 Å². The van der Waals surface area contributed by atoms with Gasteiger partial charge in [0.25, 0.3) is 0 Å². The smallest absolute Gasteiger partial charge is 0.232 e. The van der Waals surface area contributed by atoms with E-state index >= 15 is 0 Å². The number of anilines is 1. The minimum Gasteiger partial charge on any atom is -0.300 e. The summed E-state index contributed by atoms with van der Waals surface area (Å²) in [5.41, 5.74) is 1.86. The molecular weight excluding hydrogens is 364 g/mol. The average molecular weight is 385 g/mol. The van der Waals surface area contributed by atoms with E-state index in [-0.39, 0.29) is 12.3 Å². The summed E-state index contributed by atoms with van der Waals surface area (Å²) in [6.45, 7) is 0. The van der Waals surface area contributed by atoms with Crippen LogP contribution in [0.2, 0.25) is 0 Å². The van der Waals surface area contributed by atoms with Crippen LogP contribution in [0.4, 0.5) is 5.13 Å². The first kappa shape index (κ1) is 17.3. The predicted octanol–water partition coefficient (Wildman–Crippen LogP) is 4.89. The van der Waals surface area contributed by atoms with E-state index in [0.29, 0.717) is 11.0 Å². The van der Waals surface area contributed by atoms with Crippen LogP contribution in [-0.2, 0) is 11.2 Å². The summed E-state index contributed by atoms with van der Waals surface area (Å²) in [5, 5.41) is 15.8. The Balaban J connectivity index is 1.36. The third kappa shape index (κ3) is 4.16. The van der Waals surface area contributed by atoms with E-state index in [0.717, 1.165) is 21.3 Å². The Hall–Kier alpha value is -2.12. The van der Waals surface area contributed by atoms with Gasteiger partial charge in [0.1, 0.15) is 10.0 Å². The van der Waals surface area contributed by atoms with Crippen molar-refractivity contribution >= 4 is 33.7 Å². The third-order valence-corrected chi connectivity index (χ3v) is 6.50. The zero-order valence-corrected chi connectivity index (χ0v) is 16.0. The first-order valence-corrected chi connectivity index (χ1v) is 10.6. The maximum absolute atomic E-state index is 12.3. The third-order valence-electron chi connectivity index (χ3n) is 4.56. The number of carbonyl (C=O) groups excluding carboxylic acids is 1. The van der Waals surface area contributed by atoms with Crippen LogP contribution in [0.5, 0.6) is 0 Å². The van der Waals surface area contributed by atoms with Crippen molar-refractivity contribution < 1.29 is 4.79 Å². The van der Waals surface area contributed by atoms with Gasteiger partial charge >= 0.3 is 0 Å². The quantitative estimate of drug-likeness (QED) is 0.680. The van der Waals surface area contributed by atoms with Crippen LogP contribution in [0.3, 0.4) is 0 Å². The molecule has 1 aliphatic carbocycles. The number of hydrogen-bond donors (Lipinski definition) is 1. The van der Waals surface area contributed by atoms with Crippen LogP contribution >= 0.6 is 22.7 Å². The molecule has 1 aliphatic rings. The lowest BCUT2D eigenvalue weighted by molar-refractivity contribution is -0.115. The topological polar surface area (TPSA) is 67.8 Å². The first-order chi connectivity index (χ1) is 12.8. The second-order valence-electron chi connectivity index (χ2n) is 6.52. The number of rotatable bonds is 5. The molecule has 2 aromatic heterocycles. The van der Waals surface area contributed by atoms with Gasteiger partial charge in [0, 0.05) is 16.9 Å². The van der Waals surface area contributed by atoms with Gasteiger partial charge in [-0.05, 0) is 12.8 Å². The molecule has 1 fully saturated rings. The normalized spacial score (nSPS) is 15.1. The van der Waals surface area contributed by atoms with E-state index in [4.69, 9.17) is 0 Å². The summed E-state index contributed by atoms with van der Waals surface area (Å²) in [6.07, 6.45) is 6.46. The van der Waals surface area contributed by atoms with E-state index in [1.807, 2.05) is 35.7 Å². The van der Waals surface area contributed by atoms with Crippen molar-refractivity contribution in [3.05, 3.63) is 46.4 Å². The highest BCUT2D eigenvalue weighted by atomic mass is 32.1. The molecule has 0 aliphatic heterocycles. The monoisotopic (exact) mass is 384 g/mol. The van der Waals surface area contributed by atoms with Crippen LogP contribution in [0.25, 0.3) is 10.6 Å². The molecule has 1 saturated carbocycles. The number of thiazole rings is 1. The molecule has 0 atom stereocenters. The SMILES string of the molecule is O=C(Cc1csc(-c2ccccc2)n1)Nc1nnc(C2CCCCC2)s1. The van der Waals surface area contributed by atoms with E-state index in [9.17, 15) is 4.79 Å². The predicted molar refractivity (Wildman–Crippen MR) is 106 cm³/mol. The average Bonchev–Trinajstić information content (AvgIpc) is 3.33. The maximum Gasteiger partial charge on any atom is 0.232 e. The summed E-state index contributed by atoms with van der Waals surface area (Å²) >= 11 is 3.07. The molecule has 26 heavy (non-hydrogen) atoms. The number of carbonyl (C=O) groups is 1. The van der Waals surface area contributed by atoms with Gasteiger partial charge in [-0.3, -0.25) is 4.79 Å². The first-order valence-electron chi connectivity index (χ1n) is 8.91. The van der Waals surface area contributed by atoms with Crippen molar-refractivity contribution in [2.24, 2.45) is 0 Å². The van der Waals surface area contributed by atoms with Crippen LogP contribution in [0.1, 0.15) is 48.7 Å². The molecule has 0 unspecified atom stereocenters. The zero-order valence-electron chi connectivity index (χ0n) is 14.4. The molecule has 134 valence electrons. The van der Waals surface area contributed by atoms with Crippen LogP contribution in [0, 0.1) is 0 Å². The van der Waals surface area contributed by atoms with E-state index in [1.165, 1.54) is 43.4 Å². The Kier molecular flexibility index (Phi) is 5.36. The summed E-state index contributed by atoms with van der Waals surface area (Å²) in [5.74, 6) is 0.417. The molecule has 0 spiro atoms. The fraction of sp³-hybridized carbons (Fsp3) is 0.368. The molecule has 2 heterocycles. The summed E-state index contributed by atoms with van der Waals surface area (Å²) in [7, 11) is 0. The number of benzene rings is 1. The molecule has 4 rings (SSSR count). The molecule has 0 saturated heterocycles. The van der Waals surface area contributed by atoms with Crippen molar-refractivity contribution in [1.82, 2.24) is 15.2 Å². The van der Waals surface area contributed by atoms with Crippen LogP contribution in [-0.4, -0.2) is 21.1 Å². The largest absolute Gasteiger partial charge is 0.300 e. The van der Waals surface area contributed by atoms with Gasteiger partial charge in [-0.25, -0.2) is 4.98 Å². The molecule has 5 nitrogen and oxygen atoms in total. The van der Waals surface area contributed by atoms with Gasteiger partial charge in [-0.2, -0.15) is 0 Å². The fourth-order valence-corrected chi connectivity index (χ4v) is 4.98. The molecule has 1 amide bonds. The van der Waals surface area contributed by atoms with Gasteiger partial charge in [0.2, 0.25) is 11.0 Å². The highest BCUT2D eigenvalue weighted by molar-refractivity contribution is 7.15. The Morgan fingerprint density at radius 1 is 1.12 bits per heavy atom. The molecule has 1 N–H and O–H groups in total. The number of nitrogens with one attached hydrogen (secondary N) is 1. The maximum atomic E-state index is 12.3. The van der Waals surface area contributed by atoms with E-state index in [2.05, 4.69) is 20.5 Å². The Bertz CT molecular complexity index is 869. The van der Waals surface area contributed by atoms with Crippen LogP contribution in [0.15, 0.2) is 35.7 Å². The molecule has 1 aromatic carbocycles. The summed E-state index contributed by atoms with van der Waals surface area (Å²) in [6, 6.07) is 10.0. The van der Waals surface area contributed by atoms with Gasteiger partial charge in [0.05, 0.1) is 12.1 Å². The van der Waals surface area contributed by atoms with Crippen molar-refractivity contribution in [2.75, 3.05) is 5.32 Å². The van der Waals surface area contributed by atoms with E-state index in [1.54, 1.807) is 11.3 Å². The zero-order chi connectivity index (χ0) is 17.8. The van der Waals surface area contributed by atoms with Crippen molar-refractivity contribution in [3.63, 3.8) is 0 Å². The Morgan fingerprint density at radius 2 is 1.92 bits per heavy atom. The standard InChI is InChI=1S/C19H20N4OS2/c24-16(11-15-12-25-17(20-15)13-7-3-1-4-8-13)21-19-23-22-18(26-19)14-9-5-2-6-10-14/h1,3-4,7-8,12,14H,2,5-6,9-11H2,(H,21,23,24). The van der Waals surface area contributed by atoms with Gasteiger partial charge in [-0.15, -0.1) is 21.5 Å². The molecule has 0 radical (unpaired) electrons.